The summed E-state index contributed by atoms with van der Waals surface area (Å²) < 4.78 is 36.5. The molecule has 10 heteroatoms. The summed E-state index contributed by atoms with van der Waals surface area (Å²) in [6, 6.07) is 29.2. The van der Waals surface area contributed by atoms with Crippen LogP contribution in [0.2, 0.25) is 0 Å². The van der Waals surface area contributed by atoms with Crippen LogP contribution in [0, 0.1) is 6.92 Å². The fourth-order valence-electron chi connectivity index (χ4n) is 5.08. The van der Waals surface area contributed by atoms with Gasteiger partial charge in [0.1, 0.15) is 18.3 Å². The number of carbonyl (C=O) groups is 2. The summed E-state index contributed by atoms with van der Waals surface area (Å²) in [6.45, 7) is 9.13. The second kappa shape index (κ2) is 15.6. The molecule has 0 fully saturated rings. The molecule has 1 atom stereocenters. The summed E-state index contributed by atoms with van der Waals surface area (Å²) in [5, 5.41) is 3.05. The normalized spacial score (nSPS) is 12.2. The summed E-state index contributed by atoms with van der Waals surface area (Å²) in [5.41, 5.74) is 2.20. The van der Waals surface area contributed by atoms with Gasteiger partial charge in [0, 0.05) is 23.0 Å². The number of halogens is 1. The Kier molecular flexibility index (Phi) is 11.9. The minimum atomic E-state index is -4.25. The smallest absolute Gasteiger partial charge is 0.264 e. The molecule has 1 N–H and O–H groups in total. The topological polar surface area (TPSA) is 96.0 Å². The fourth-order valence-corrected chi connectivity index (χ4v) is 6.77. The van der Waals surface area contributed by atoms with Crippen molar-refractivity contribution in [3.05, 3.63) is 124 Å². The van der Waals surface area contributed by atoms with E-state index in [1.807, 2.05) is 89.2 Å². The van der Waals surface area contributed by atoms with E-state index in [4.69, 9.17) is 4.74 Å². The lowest BCUT2D eigenvalue weighted by atomic mass is 10.0. The Balaban J connectivity index is 1.85. The maximum Gasteiger partial charge on any atom is 0.264 e. The van der Waals surface area contributed by atoms with Crippen molar-refractivity contribution < 1.29 is 22.7 Å². The van der Waals surface area contributed by atoms with E-state index in [9.17, 15) is 18.0 Å². The third-order valence-corrected chi connectivity index (χ3v) is 9.66. The number of carbonyl (C=O) groups excluding carboxylic acids is 2. The summed E-state index contributed by atoms with van der Waals surface area (Å²) in [7, 11) is -4.25. The van der Waals surface area contributed by atoms with E-state index < -0.39 is 34.1 Å². The van der Waals surface area contributed by atoms with E-state index in [-0.39, 0.29) is 29.5 Å². The van der Waals surface area contributed by atoms with Crippen LogP contribution in [0.5, 0.6) is 5.75 Å². The predicted octanol–water partition coefficient (Wildman–Crippen LogP) is 6.91. The molecule has 0 radical (unpaired) electrons. The molecule has 248 valence electrons. The number of rotatable bonds is 13. The number of ether oxygens (including phenoxy) is 1. The molecule has 0 aliphatic heterocycles. The Labute approximate surface area is 286 Å². The number of sulfonamides is 1. The van der Waals surface area contributed by atoms with E-state index in [0.29, 0.717) is 12.4 Å². The summed E-state index contributed by atoms with van der Waals surface area (Å²) in [6.07, 6.45) is 0.227. The zero-order chi connectivity index (χ0) is 34.2. The zero-order valence-corrected chi connectivity index (χ0v) is 29.8. The van der Waals surface area contributed by atoms with Gasteiger partial charge in [0.15, 0.2) is 0 Å². The second-order valence-corrected chi connectivity index (χ2v) is 15.1. The molecule has 0 saturated heterocycles. The summed E-state index contributed by atoms with van der Waals surface area (Å²) in [4.78, 5) is 30.2. The van der Waals surface area contributed by atoms with Crippen molar-refractivity contribution in [3.8, 4) is 5.75 Å². The van der Waals surface area contributed by atoms with Gasteiger partial charge in [-0.05, 0) is 82.1 Å². The number of nitrogens with zero attached hydrogens (tertiary/aromatic N) is 2. The molecule has 4 rings (SSSR count). The Morgan fingerprint density at radius 2 is 1.47 bits per heavy atom. The van der Waals surface area contributed by atoms with Crippen molar-refractivity contribution in [3.63, 3.8) is 0 Å². The molecule has 0 bridgehead atoms. The number of hydrogen-bond donors (Lipinski definition) is 1. The Hall–Kier alpha value is -4.15. The Morgan fingerprint density at radius 1 is 0.851 bits per heavy atom. The van der Waals surface area contributed by atoms with E-state index in [2.05, 4.69) is 21.2 Å². The molecule has 0 aliphatic carbocycles. The lowest BCUT2D eigenvalue weighted by Crippen LogP contribution is -2.56. The highest BCUT2D eigenvalue weighted by Gasteiger charge is 2.36. The molecule has 0 unspecified atom stereocenters. The molecule has 4 aromatic carbocycles. The highest BCUT2D eigenvalue weighted by molar-refractivity contribution is 9.10. The van der Waals surface area contributed by atoms with Crippen LogP contribution in [0.3, 0.4) is 0 Å². The van der Waals surface area contributed by atoms with Crippen molar-refractivity contribution >= 4 is 43.5 Å². The second-order valence-electron chi connectivity index (χ2n) is 12.3. The van der Waals surface area contributed by atoms with Gasteiger partial charge in [-0.2, -0.15) is 0 Å². The Bertz CT molecular complexity index is 1760. The molecule has 47 heavy (non-hydrogen) atoms. The maximum atomic E-state index is 14.7. The number of nitrogens with one attached hydrogen (secondary N) is 1. The van der Waals surface area contributed by atoms with Crippen molar-refractivity contribution in [2.24, 2.45) is 0 Å². The van der Waals surface area contributed by atoms with E-state index in [0.717, 1.165) is 25.5 Å². The van der Waals surface area contributed by atoms with Gasteiger partial charge in [0.25, 0.3) is 10.0 Å². The molecule has 4 aromatic rings. The van der Waals surface area contributed by atoms with Gasteiger partial charge < -0.3 is 15.0 Å². The molecular weight excluding hydrogens is 678 g/mol. The fraction of sp³-hybridized carbons (Fsp3) is 0.297. The van der Waals surface area contributed by atoms with Gasteiger partial charge >= 0.3 is 0 Å². The molecule has 2 amide bonds. The Morgan fingerprint density at radius 3 is 2.09 bits per heavy atom. The summed E-state index contributed by atoms with van der Waals surface area (Å²) >= 11 is 3.47. The van der Waals surface area contributed by atoms with Gasteiger partial charge in [0.2, 0.25) is 11.8 Å². The highest BCUT2D eigenvalue weighted by atomic mass is 79.9. The first-order chi connectivity index (χ1) is 22.3. The minimum absolute atomic E-state index is 0.0352. The van der Waals surface area contributed by atoms with Gasteiger partial charge in [-0.1, -0.05) is 88.2 Å². The van der Waals surface area contributed by atoms with Crippen molar-refractivity contribution in [1.82, 2.24) is 10.2 Å². The standard InChI is InChI=1S/C37H42BrN3O5S/c1-6-46-34-15-11-10-14-32(34)41(47(44,45)31-22-16-27(2)17-23-31)26-35(42)40(25-29-18-20-30(38)21-19-29)33(36(43)39-37(3,4)5)24-28-12-8-7-9-13-28/h7-23,33H,6,24-26H2,1-5H3,(H,39,43)/t33-/m0/s1. The molecule has 0 aromatic heterocycles. The number of hydrogen-bond acceptors (Lipinski definition) is 5. The first kappa shape index (κ1) is 35.7. The first-order valence-corrected chi connectivity index (χ1v) is 17.7. The van der Waals surface area contributed by atoms with Crippen LogP contribution in [0.4, 0.5) is 5.69 Å². The van der Waals surface area contributed by atoms with Crippen LogP contribution in [0.25, 0.3) is 0 Å². The lowest BCUT2D eigenvalue weighted by molar-refractivity contribution is -0.140. The third kappa shape index (κ3) is 9.68. The number of amides is 2. The number of benzene rings is 4. The van der Waals surface area contributed by atoms with Crippen LogP contribution in [-0.2, 0) is 32.6 Å². The van der Waals surface area contributed by atoms with E-state index in [1.54, 1.807) is 36.4 Å². The molecular formula is C37H42BrN3O5S. The SMILES string of the molecule is CCOc1ccccc1N(CC(=O)N(Cc1ccc(Br)cc1)[C@@H](Cc1ccccc1)C(=O)NC(C)(C)C)S(=O)(=O)c1ccc(C)cc1. The predicted molar refractivity (Wildman–Crippen MR) is 190 cm³/mol. The quantitative estimate of drug-likeness (QED) is 0.162. The monoisotopic (exact) mass is 719 g/mol. The lowest BCUT2D eigenvalue weighted by Gasteiger charge is -2.35. The number of para-hydroxylation sites is 2. The van der Waals surface area contributed by atoms with Crippen molar-refractivity contribution in [2.75, 3.05) is 17.5 Å². The van der Waals surface area contributed by atoms with Crippen molar-refractivity contribution in [1.29, 1.82) is 0 Å². The average molecular weight is 721 g/mol. The molecule has 0 spiro atoms. The maximum absolute atomic E-state index is 14.7. The molecule has 0 saturated carbocycles. The first-order valence-electron chi connectivity index (χ1n) is 15.5. The van der Waals surface area contributed by atoms with Crippen LogP contribution in [-0.4, -0.2) is 49.9 Å². The van der Waals surface area contributed by atoms with Crippen molar-refractivity contribution in [2.45, 2.75) is 64.1 Å². The van der Waals surface area contributed by atoms with Gasteiger partial charge in [-0.3, -0.25) is 13.9 Å². The van der Waals surface area contributed by atoms with Crippen LogP contribution in [0.1, 0.15) is 44.4 Å². The minimum Gasteiger partial charge on any atom is -0.492 e. The highest BCUT2D eigenvalue weighted by Crippen LogP contribution is 2.33. The number of anilines is 1. The van der Waals surface area contributed by atoms with Crippen LogP contribution >= 0.6 is 15.9 Å². The van der Waals surface area contributed by atoms with Gasteiger partial charge in [0.05, 0.1) is 17.2 Å². The summed E-state index contributed by atoms with van der Waals surface area (Å²) in [5.74, 6) is -0.557. The van der Waals surface area contributed by atoms with Gasteiger partial charge in [-0.25, -0.2) is 8.42 Å². The van der Waals surface area contributed by atoms with Crippen LogP contribution < -0.4 is 14.4 Å². The molecule has 0 aliphatic rings. The van der Waals surface area contributed by atoms with E-state index in [1.165, 1.54) is 17.0 Å². The molecule has 0 heterocycles. The average Bonchev–Trinajstić information content (AvgIpc) is 3.02. The van der Waals surface area contributed by atoms with Gasteiger partial charge in [-0.15, -0.1) is 0 Å². The zero-order valence-electron chi connectivity index (χ0n) is 27.4. The van der Waals surface area contributed by atoms with E-state index >= 15 is 0 Å². The number of aryl methyl sites for hydroxylation is 1. The molecule has 8 nitrogen and oxygen atoms in total. The third-order valence-electron chi connectivity index (χ3n) is 7.36. The largest absolute Gasteiger partial charge is 0.492 e. The van der Waals surface area contributed by atoms with Crippen LogP contribution in [0.15, 0.2) is 112 Å².